The predicted molar refractivity (Wildman–Crippen MR) is 83.9 cm³/mol. The minimum Gasteiger partial charge on any atom is -0.350 e. The van der Waals surface area contributed by atoms with Crippen LogP contribution in [-0.4, -0.2) is 29.1 Å². The second kappa shape index (κ2) is 7.24. The van der Waals surface area contributed by atoms with Gasteiger partial charge in [-0.05, 0) is 40.2 Å². The van der Waals surface area contributed by atoms with Crippen LogP contribution in [-0.2, 0) is 11.3 Å². The lowest BCUT2D eigenvalue weighted by molar-refractivity contribution is -0.122. The van der Waals surface area contributed by atoms with Gasteiger partial charge in [-0.25, -0.2) is 0 Å². The van der Waals surface area contributed by atoms with Crippen molar-refractivity contribution in [1.29, 1.82) is 0 Å². The third kappa shape index (κ3) is 3.84. The number of thiazole rings is 1. The van der Waals surface area contributed by atoms with Crippen molar-refractivity contribution < 1.29 is 4.79 Å². The van der Waals surface area contributed by atoms with Crippen LogP contribution in [0, 0.1) is 13.8 Å². The van der Waals surface area contributed by atoms with E-state index in [4.69, 9.17) is 0 Å². The average Bonchev–Trinajstić information content (AvgIpc) is 2.59. The molecule has 1 amide bonds. The van der Waals surface area contributed by atoms with E-state index in [2.05, 4.69) is 17.6 Å². The molecule has 0 aromatic carbocycles. The van der Waals surface area contributed by atoms with Crippen LogP contribution >= 0.6 is 23.7 Å². The molecule has 2 atom stereocenters. The number of aryl methyl sites for hydroxylation is 1. The van der Waals surface area contributed by atoms with E-state index in [1.165, 1.54) is 11.3 Å². The van der Waals surface area contributed by atoms with Crippen LogP contribution in [0.4, 0.5) is 0 Å². The van der Waals surface area contributed by atoms with Crippen LogP contribution in [0.15, 0.2) is 4.79 Å². The van der Waals surface area contributed by atoms with Crippen LogP contribution in [0.1, 0.15) is 30.3 Å². The summed E-state index contributed by atoms with van der Waals surface area (Å²) in [5.74, 6) is -0.0800. The molecule has 1 aliphatic heterocycles. The normalized spacial score (nSPS) is 22.1. The summed E-state index contributed by atoms with van der Waals surface area (Å²) in [4.78, 5) is 24.7. The Bertz CT molecular complexity index is 526. The lowest BCUT2D eigenvalue weighted by Crippen LogP contribution is -2.52. The van der Waals surface area contributed by atoms with Crippen molar-refractivity contribution in [3.05, 3.63) is 20.2 Å². The number of hydrogen-bond donors (Lipinski definition) is 2. The number of hydrogen-bond acceptors (Lipinski definition) is 4. The Hall–Kier alpha value is -0.850. The molecule has 1 fully saturated rings. The zero-order valence-electron chi connectivity index (χ0n) is 12.1. The molecule has 0 bridgehead atoms. The van der Waals surface area contributed by atoms with Crippen molar-refractivity contribution in [1.82, 2.24) is 15.2 Å². The van der Waals surface area contributed by atoms with E-state index in [0.29, 0.717) is 6.04 Å². The summed E-state index contributed by atoms with van der Waals surface area (Å²) < 4.78 is 1.55. The van der Waals surface area contributed by atoms with Gasteiger partial charge < -0.3 is 10.6 Å². The maximum atomic E-state index is 12.0. The van der Waals surface area contributed by atoms with Crippen molar-refractivity contribution >= 4 is 29.7 Å². The Morgan fingerprint density at radius 1 is 1.50 bits per heavy atom. The largest absolute Gasteiger partial charge is 0.350 e. The lowest BCUT2D eigenvalue weighted by atomic mass is 10.00. The van der Waals surface area contributed by atoms with E-state index in [1.807, 2.05) is 13.8 Å². The first-order valence-electron chi connectivity index (χ1n) is 6.68. The van der Waals surface area contributed by atoms with Crippen molar-refractivity contribution in [2.75, 3.05) is 6.54 Å². The molecule has 2 rings (SSSR count). The third-order valence-corrected chi connectivity index (χ3v) is 4.78. The van der Waals surface area contributed by atoms with E-state index in [-0.39, 0.29) is 35.8 Å². The van der Waals surface area contributed by atoms with Crippen molar-refractivity contribution in [3.8, 4) is 0 Å². The molecule has 114 valence electrons. The number of nitrogens with one attached hydrogen (secondary N) is 2. The summed E-state index contributed by atoms with van der Waals surface area (Å²) in [6.07, 6.45) is 2.07. The lowest BCUT2D eigenvalue weighted by Gasteiger charge is -2.30. The van der Waals surface area contributed by atoms with E-state index < -0.39 is 0 Å². The molecule has 0 aliphatic carbocycles. The third-order valence-electron chi connectivity index (χ3n) is 3.79. The van der Waals surface area contributed by atoms with Gasteiger partial charge in [-0.3, -0.25) is 14.2 Å². The summed E-state index contributed by atoms with van der Waals surface area (Å²) in [6, 6.07) is 0.455. The molecule has 5 nitrogen and oxygen atoms in total. The summed E-state index contributed by atoms with van der Waals surface area (Å²) >= 11 is 1.20. The summed E-state index contributed by atoms with van der Waals surface area (Å²) in [5, 5.41) is 6.37. The summed E-state index contributed by atoms with van der Waals surface area (Å²) in [5.41, 5.74) is 0.889. The smallest absolute Gasteiger partial charge is 0.308 e. The zero-order chi connectivity index (χ0) is 14.0. The van der Waals surface area contributed by atoms with Crippen LogP contribution in [0.25, 0.3) is 0 Å². The average molecular weight is 320 g/mol. The molecular formula is C13H22ClN3O2S. The Labute approximate surface area is 129 Å². The molecule has 1 aromatic rings. The standard InChI is InChI=1S/C13H21N3O2S.ClH/c1-8-11(5-4-6-14-8)15-12(17)7-16-9(2)10(3)19-13(16)18;/h8,11,14H,4-7H2,1-3H3,(H,15,17);1H. The number of carbonyl (C=O) groups excluding carboxylic acids is 1. The first-order chi connectivity index (χ1) is 8.99. The monoisotopic (exact) mass is 319 g/mol. The fourth-order valence-corrected chi connectivity index (χ4v) is 3.24. The van der Waals surface area contributed by atoms with Crippen LogP contribution in [0.2, 0.25) is 0 Å². The summed E-state index contributed by atoms with van der Waals surface area (Å²) in [6.45, 7) is 7.00. The first kappa shape index (κ1) is 17.2. The number of nitrogens with zero attached hydrogens (tertiary/aromatic N) is 1. The maximum absolute atomic E-state index is 12.0. The summed E-state index contributed by atoms with van der Waals surface area (Å²) in [7, 11) is 0. The number of amides is 1. The Balaban J connectivity index is 0.00000200. The quantitative estimate of drug-likeness (QED) is 0.880. The number of rotatable bonds is 3. The second-order valence-corrected chi connectivity index (χ2v) is 6.32. The minimum atomic E-state index is -0.0800. The van der Waals surface area contributed by atoms with Crippen LogP contribution < -0.4 is 15.5 Å². The molecule has 1 saturated heterocycles. The number of halogens is 1. The topological polar surface area (TPSA) is 63.1 Å². The molecule has 7 heteroatoms. The van der Waals surface area contributed by atoms with Crippen LogP contribution in [0.5, 0.6) is 0 Å². The van der Waals surface area contributed by atoms with Crippen molar-refractivity contribution in [3.63, 3.8) is 0 Å². The predicted octanol–water partition coefficient (Wildman–Crippen LogP) is 1.21. The Kier molecular flexibility index (Phi) is 6.23. The molecule has 0 saturated carbocycles. The van der Waals surface area contributed by atoms with Gasteiger partial charge in [0.15, 0.2) is 0 Å². The molecule has 1 aromatic heterocycles. The minimum absolute atomic E-state index is 0. The molecule has 2 unspecified atom stereocenters. The highest BCUT2D eigenvalue weighted by Crippen LogP contribution is 2.10. The molecule has 0 spiro atoms. The highest BCUT2D eigenvalue weighted by molar-refractivity contribution is 7.09. The van der Waals surface area contributed by atoms with Gasteiger partial charge in [0.25, 0.3) is 0 Å². The van der Waals surface area contributed by atoms with Gasteiger partial charge in [0, 0.05) is 22.7 Å². The van der Waals surface area contributed by atoms with Gasteiger partial charge in [0.1, 0.15) is 6.54 Å². The maximum Gasteiger partial charge on any atom is 0.308 e. The van der Waals surface area contributed by atoms with Gasteiger partial charge in [-0.15, -0.1) is 12.4 Å². The van der Waals surface area contributed by atoms with Gasteiger partial charge in [-0.1, -0.05) is 11.3 Å². The van der Waals surface area contributed by atoms with E-state index >= 15 is 0 Å². The van der Waals surface area contributed by atoms with Crippen LogP contribution in [0.3, 0.4) is 0 Å². The SMILES string of the molecule is Cc1sc(=O)n(CC(=O)NC2CCCNC2C)c1C.Cl. The molecule has 2 heterocycles. The van der Waals surface area contributed by atoms with Gasteiger partial charge in [0.05, 0.1) is 0 Å². The molecule has 2 N–H and O–H groups in total. The van der Waals surface area contributed by atoms with Crippen molar-refractivity contribution in [2.24, 2.45) is 0 Å². The van der Waals surface area contributed by atoms with E-state index in [0.717, 1.165) is 30.0 Å². The van der Waals surface area contributed by atoms with E-state index in [9.17, 15) is 9.59 Å². The van der Waals surface area contributed by atoms with Gasteiger partial charge in [0.2, 0.25) is 5.91 Å². The highest BCUT2D eigenvalue weighted by atomic mass is 35.5. The number of aromatic nitrogens is 1. The van der Waals surface area contributed by atoms with E-state index in [1.54, 1.807) is 4.57 Å². The Morgan fingerprint density at radius 2 is 2.20 bits per heavy atom. The van der Waals surface area contributed by atoms with Crippen molar-refractivity contribution in [2.45, 2.75) is 52.2 Å². The molecule has 1 aliphatic rings. The fraction of sp³-hybridized carbons (Fsp3) is 0.692. The number of carbonyl (C=O) groups is 1. The first-order valence-corrected chi connectivity index (χ1v) is 7.50. The van der Waals surface area contributed by atoms with Gasteiger partial charge in [-0.2, -0.15) is 0 Å². The highest BCUT2D eigenvalue weighted by Gasteiger charge is 2.22. The second-order valence-electron chi connectivity index (χ2n) is 5.15. The Morgan fingerprint density at radius 3 is 2.75 bits per heavy atom. The van der Waals surface area contributed by atoms with Gasteiger partial charge >= 0.3 is 4.87 Å². The molecule has 20 heavy (non-hydrogen) atoms. The fourth-order valence-electron chi connectivity index (χ4n) is 2.41. The number of piperidine rings is 1. The zero-order valence-corrected chi connectivity index (χ0v) is 13.7. The molecular weight excluding hydrogens is 298 g/mol. The molecule has 0 radical (unpaired) electrons.